The first-order chi connectivity index (χ1) is 10.4. The van der Waals surface area contributed by atoms with Gasteiger partial charge in [0.2, 0.25) is 0 Å². The van der Waals surface area contributed by atoms with Gasteiger partial charge in [0.15, 0.2) is 0 Å². The summed E-state index contributed by atoms with van der Waals surface area (Å²) in [6, 6.07) is 0.687. The van der Waals surface area contributed by atoms with Gasteiger partial charge in [-0.3, -0.25) is 9.80 Å². The molecule has 0 radical (unpaired) electrons. The van der Waals surface area contributed by atoms with Crippen LogP contribution in [0.5, 0.6) is 0 Å². The molecular formula is C18H37N3O. The van der Waals surface area contributed by atoms with E-state index in [0.29, 0.717) is 11.6 Å². The summed E-state index contributed by atoms with van der Waals surface area (Å²) in [6.45, 7) is 18.7. The Labute approximate surface area is 137 Å². The Hall–Kier alpha value is -0.160. The van der Waals surface area contributed by atoms with E-state index in [2.05, 4.69) is 49.4 Å². The zero-order valence-corrected chi connectivity index (χ0v) is 15.5. The molecule has 0 spiro atoms. The SMILES string of the molecule is CCCN(CCC(C)CN1CCN(C)CC1(C)C)C1COC1. The minimum Gasteiger partial charge on any atom is -0.378 e. The van der Waals surface area contributed by atoms with Crippen LogP contribution in [0, 0.1) is 5.92 Å². The molecule has 0 N–H and O–H groups in total. The standard InChI is InChI=1S/C18H37N3O/c1-6-8-20(17-13-22-14-17)9-7-16(2)12-21-11-10-19(5)15-18(21,3)4/h16-17H,6-15H2,1-5H3. The van der Waals surface area contributed by atoms with Gasteiger partial charge in [-0.15, -0.1) is 0 Å². The normalized spacial score (nSPS) is 25.4. The first-order valence-electron chi connectivity index (χ1n) is 9.17. The molecule has 2 heterocycles. The predicted octanol–water partition coefficient (Wildman–Crippen LogP) is 2.15. The second kappa shape index (κ2) is 8.09. The van der Waals surface area contributed by atoms with Gasteiger partial charge in [0.25, 0.3) is 0 Å². The summed E-state index contributed by atoms with van der Waals surface area (Å²) in [5.41, 5.74) is 0.312. The highest BCUT2D eigenvalue weighted by atomic mass is 16.5. The molecule has 1 atom stereocenters. The van der Waals surface area contributed by atoms with Gasteiger partial charge in [-0.25, -0.2) is 0 Å². The molecule has 0 amide bonds. The van der Waals surface area contributed by atoms with Crippen molar-refractivity contribution in [1.82, 2.24) is 14.7 Å². The van der Waals surface area contributed by atoms with E-state index in [1.807, 2.05) is 0 Å². The van der Waals surface area contributed by atoms with Crippen molar-refractivity contribution in [2.75, 3.05) is 59.5 Å². The van der Waals surface area contributed by atoms with Crippen molar-refractivity contribution in [3.8, 4) is 0 Å². The highest BCUT2D eigenvalue weighted by Gasteiger charge is 2.33. The van der Waals surface area contributed by atoms with E-state index in [0.717, 1.165) is 19.1 Å². The molecule has 130 valence electrons. The van der Waals surface area contributed by atoms with E-state index in [1.165, 1.54) is 52.1 Å². The molecule has 2 saturated heterocycles. The van der Waals surface area contributed by atoms with E-state index < -0.39 is 0 Å². The topological polar surface area (TPSA) is 19.0 Å². The molecule has 2 aliphatic rings. The number of hydrogen-bond acceptors (Lipinski definition) is 4. The van der Waals surface area contributed by atoms with Gasteiger partial charge in [-0.05, 0) is 52.7 Å². The molecule has 0 bridgehead atoms. The number of piperazine rings is 1. The lowest BCUT2D eigenvalue weighted by Crippen LogP contribution is -2.59. The van der Waals surface area contributed by atoms with Crippen molar-refractivity contribution in [2.45, 2.75) is 52.1 Å². The zero-order valence-electron chi connectivity index (χ0n) is 15.5. The molecule has 0 aliphatic carbocycles. The van der Waals surface area contributed by atoms with Crippen molar-refractivity contribution in [3.05, 3.63) is 0 Å². The van der Waals surface area contributed by atoms with Crippen LogP contribution in [0.4, 0.5) is 0 Å². The van der Waals surface area contributed by atoms with Crippen molar-refractivity contribution < 1.29 is 4.74 Å². The second-order valence-corrected chi connectivity index (χ2v) is 8.12. The highest BCUT2D eigenvalue weighted by molar-refractivity contribution is 4.89. The maximum Gasteiger partial charge on any atom is 0.0645 e. The Bertz CT molecular complexity index is 330. The van der Waals surface area contributed by atoms with Crippen LogP contribution in [0.2, 0.25) is 0 Å². The Morgan fingerprint density at radius 3 is 2.50 bits per heavy atom. The predicted molar refractivity (Wildman–Crippen MR) is 93.4 cm³/mol. The number of hydrogen-bond donors (Lipinski definition) is 0. The zero-order chi connectivity index (χ0) is 16.2. The number of rotatable bonds is 8. The quantitative estimate of drug-likeness (QED) is 0.684. The van der Waals surface area contributed by atoms with Crippen LogP contribution in [-0.2, 0) is 4.74 Å². The first kappa shape index (κ1) is 18.2. The summed E-state index contributed by atoms with van der Waals surface area (Å²) < 4.78 is 5.37. The molecule has 2 aliphatic heterocycles. The van der Waals surface area contributed by atoms with Gasteiger partial charge in [0.1, 0.15) is 0 Å². The van der Waals surface area contributed by atoms with Crippen LogP contribution in [0.1, 0.15) is 40.5 Å². The second-order valence-electron chi connectivity index (χ2n) is 8.12. The molecule has 1 unspecified atom stereocenters. The van der Waals surface area contributed by atoms with Crippen LogP contribution in [-0.4, -0.2) is 85.8 Å². The minimum absolute atomic E-state index is 0.312. The van der Waals surface area contributed by atoms with E-state index >= 15 is 0 Å². The van der Waals surface area contributed by atoms with Crippen LogP contribution in [0.3, 0.4) is 0 Å². The summed E-state index contributed by atoms with van der Waals surface area (Å²) >= 11 is 0. The third kappa shape index (κ3) is 4.92. The molecule has 0 aromatic heterocycles. The van der Waals surface area contributed by atoms with Gasteiger partial charge in [-0.1, -0.05) is 13.8 Å². The molecular weight excluding hydrogens is 274 g/mol. The largest absolute Gasteiger partial charge is 0.378 e. The van der Waals surface area contributed by atoms with E-state index in [9.17, 15) is 0 Å². The average molecular weight is 312 g/mol. The third-order valence-corrected chi connectivity index (χ3v) is 5.35. The van der Waals surface area contributed by atoms with Crippen LogP contribution >= 0.6 is 0 Å². The van der Waals surface area contributed by atoms with Crippen LogP contribution in [0.25, 0.3) is 0 Å². The minimum atomic E-state index is 0.312. The van der Waals surface area contributed by atoms with Crippen molar-refractivity contribution in [2.24, 2.45) is 5.92 Å². The fourth-order valence-electron chi connectivity index (χ4n) is 3.82. The Balaban J connectivity index is 1.75. The lowest BCUT2D eigenvalue weighted by Gasteiger charge is -2.47. The van der Waals surface area contributed by atoms with Crippen molar-refractivity contribution >= 4 is 0 Å². The average Bonchev–Trinajstić information content (AvgIpc) is 2.37. The van der Waals surface area contributed by atoms with E-state index in [-0.39, 0.29) is 0 Å². The van der Waals surface area contributed by atoms with Crippen molar-refractivity contribution in [1.29, 1.82) is 0 Å². The molecule has 2 rings (SSSR count). The molecule has 4 nitrogen and oxygen atoms in total. The van der Waals surface area contributed by atoms with Gasteiger partial charge < -0.3 is 9.64 Å². The van der Waals surface area contributed by atoms with Gasteiger partial charge in [0, 0.05) is 31.7 Å². The smallest absolute Gasteiger partial charge is 0.0645 e. The molecule has 0 saturated carbocycles. The molecule has 2 fully saturated rings. The van der Waals surface area contributed by atoms with Gasteiger partial charge in [-0.2, -0.15) is 0 Å². The summed E-state index contributed by atoms with van der Waals surface area (Å²) in [5, 5.41) is 0. The Morgan fingerprint density at radius 2 is 1.95 bits per heavy atom. The third-order valence-electron chi connectivity index (χ3n) is 5.35. The monoisotopic (exact) mass is 311 g/mol. The summed E-state index contributed by atoms with van der Waals surface area (Å²) in [4.78, 5) is 7.81. The molecule has 22 heavy (non-hydrogen) atoms. The maximum absolute atomic E-state index is 5.37. The van der Waals surface area contributed by atoms with Crippen molar-refractivity contribution in [3.63, 3.8) is 0 Å². The van der Waals surface area contributed by atoms with Crippen LogP contribution in [0.15, 0.2) is 0 Å². The maximum atomic E-state index is 5.37. The Morgan fingerprint density at radius 1 is 1.23 bits per heavy atom. The van der Waals surface area contributed by atoms with Crippen LogP contribution < -0.4 is 0 Å². The molecule has 0 aromatic carbocycles. The summed E-state index contributed by atoms with van der Waals surface area (Å²) in [7, 11) is 2.24. The Kier molecular flexibility index (Phi) is 6.69. The summed E-state index contributed by atoms with van der Waals surface area (Å²) in [5.74, 6) is 0.767. The lowest BCUT2D eigenvalue weighted by molar-refractivity contribution is -0.0666. The van der Waals surface area contributed by atoms with E-state index in [4.69, 9.17) is 4.74 Å². The molecule has 4 heteroatoms. The highest BCUT2D eigenvalue weighted by Crippen LogP contribution is 2.22. The van der Waals surface area contributed by atoms with Gasteiger partial charge >= 0.3 is 0 Å². The first-order valence-corrected chi connectivity index (χ1v) is 9.17. The fraction of sp³-hybridized carbons (Fsp3) is 1.00. The number of nitrogens with zero attached hydrogens (tertiary/aromatic N) is 3. The fourth-order valence-corrected chi connectivity index (χ4v) is 3.82. The van der Waals surface area contributed by atoms with E-state index in [1.54, 1.807) is 0 Å². The molecule has 0 aromatic rings. The lowest BCUT2D eigenvalue weighted by atomic mass is 9.96. The number of likely N-dealkylation sites (N-methyl/N-ethyl adjacent to an activating group) is 1. The summed E-state index contributed by atoms with van der Waals surface area (Å²) in [6.07, 6.45) is 2.55. The number of ether oxygens (including phenoxy) is 1. The van der Waals surface area contributed by atoms with Gasteiger partial charge in [0.05, 0.1) is 19.3 Å².